The number of aromatic nitrogens is 1. The number of rotatable bonds is 4. The van der Waals surface area contributed by atoms with Gasteiger partial charge in [-0.05, 0) is 36.6 Å². The minimum absolute atomic E-state index is 0.232. The summed E-state index contributed by atoms with van der Waals surface area (Å²) in [6, 6.07) is 17.9. The van der Waals surface area contributed by atoms with Crippen molar-refractivity contribution in [2.24, 2.45) is 5.10 Å². The van der Waals surface area contributed by atoms with Crippen molar-refractivity contribution < 1.29 is 14.2 Å². The summed E-state index contributed by atoms with van der Waals surface area (Å²) in [4.78, 5) is 4.60. The minimum Gasteiger partial charge on any atom is -0.496 e. The Bertz CT molecular complexity index is 1270. The van der Waals surface area contributed by atoms with E-state index in [1.54, 1.807) is 7.11 Å². The Kier molecular flexibility index (Phi) is 4.17. The van der Waals surface area contributed by atoms with Crippen LogP contribution in [0.2, 0.25) is 0 Å². The number of fused-ring (bicyclic) bond motifs is 3. The van der Waals surface area contributed by atoms with Crippen LogP contribution < -0.4 is 19.6 Å². The zero-order valence-corrected chi connectivity index (χ0v) is 16.1. The smallest absolute Gasteiger partial charge is 0.231 e. The Hall–Kier alpha value is -3.80. The molecule has 6 nitrogen and oxygen atoms in total. The number of anilines is 1. The molecule has 1 aromatic heterocycles. The van der Waals surface area contributed by atoms with Crippen LogP contribution in [-0.2, 0) is 0 Å². The molecular weight excluding hydrogens is 366 g/mol. The van der Waals surface area contributed by atoms with Crippen LogP contribution in [0.15, 0.2) is 59.7 Å². The van der Waals surface area contributed by atoms with E-state index in [2.05, 4.69) is 21.6 Å². The Labute approximate surface area is 167 Å². The topological polar surface area (TPSA) is 65.0 Å². The number of aryl methyl sites for hydroxylation is 1. The van der Waals surface area contributed by atoms with Crippen molar-refractivity contribution >= 4 is 33.6 Å². The zero-order chi connectivity index (χ0) is 19.8. The van der Waals surface area contributed by atoms with E-state index in [1.807, 2.05) is 61.7 Å². The van der Waals surface area contributed by atoms with Gasteiger partial charge in [-0.3, -0.25) is 10.4 Å². The lowest BCUT2D eigenvalue weighted by Crippen LogP contribution is -1.96. The number of ether oxygens (including phenoxy) is 3. The Morgan fingerprint density at radius 3 is 2.62 bits per heavy atom. The zero-order valence-electron chi connectivity index (χ0n) is 16.1. The number of benzene rings is 3. The van der Waals surface area contributed by atoms with Crippen LogP contribution in [0.5, 0.6) is 17.2 Å². The number of nitrogens with zero attached hydrogens (tertiary/aromatic N) is 2. The van der Waals surface area contributed by atoms with Gasteiger partial charge in [0.15, 0.2) is 11.5 Å². The predicted octanol–water partition coefficient (Wildman–Crippen LogP) is 4.88. The number of nitrogens with one attached hydrogen (secondary N) is 1. The van der Waals surface area contributed by atoms with Crippen LogP contribution >= 0.6 is 0 Å². The van der Waals surface area contributed by atoms with Crippen LogP contribution in [0.1, 0.15) is 11.3 Å². The maximum Gasteiger partial charge on any atom is 0.231 e. The molecule has 0 bridgehead atoms. The van der Waals surface area contributed by atoms with Crippen molar-refractivity contribution in [3.8, 4) is 17.2 Å². The van der Waals surface area contributed by atoms with Crippen LogP contribution in [-0.4, -0.2) is 25.1 Å². The van der Waals surface area contributed by atoms with Gasteiger partial charge >= 0.3 is 0 Å². The molecule has 29 heavy (non-hydrogen) atoms. The molecule has 0 spiro atoms. The molecule has 4 aromatic rings. The molecule has 1 aliphatic rings. The van der Waals surface area contributed by atoms with E-state index in [0.29, 0.717) is 0 Å². The van der Waals surface area contributed by atoms with Crippen LogP contribution in [0, 0.1) is 6.92 Å². The number of pyridine rings is 1. The van der Waals surface area contributed by atoms with E-state index in [9.17, 15) is 0 Å². The van der Waals surface area contributed by atoms with Gasteiger partial charge < -0.3 is 14.2 Å². The monoisotopic (exact) mass is 385 g/mol. The van der Waals surface area contributed by atoms with E-state index < -0.39 is 0 Å². The standard InChI is InChI=1S/C23H19N3O3/c1-14-9-20(18-10-22-23(29-13-28-22)11-19(18)25-14)26-24-12-15-7-8-21(27-2)17-6-4-3-5-16(15)17/h3-12H,13H2,1-2H3,(H,25,26)/b24-12-. The molecule has 1 aliphatic heterocycles. The second-order valence-electron chi connectivity index (χ2n) is 6.81. The molecule has 5 rings (SSSR count). The summed E-state index contributed by atoms with van der Waals surface area (Å²) in [7, 11) is 1.68. The highest BCUT2D eigenvalue weighted by Crippen LogP contribution is 2.38. The molecule has 0 saturated carbocycles. The lowest BCUT2D eigenvalue weighted by Gasteiger charge is -2.09. The average molecular weight is 385 g/mol. The molecule has 0 radical (unpaired) electrons. The van der Waals surface area contributed by atoms with E-state index in [0.717, 1.165) is 55.9 Å². The summed E-state index contributed by atoms with van der Waals surface area (Å²) in [6.45, 7) is 2.19. The molecule has 0 aliphatic carbocycles. The fourth-order valence-electron chi connectivity index (χ4n) is 3.60. The van der Waals surface area contributed by atoms with Gasteiger partial charge in [-0.2, -0.15) is 5.10 Å². The summed E-state index contributed by atoms with van der Waals surface area (Å²) < 4.78 is 16.4. The summed E-state index contributed by atoms with van der Waals surface area (Å²) in [6.07, 6.45) is 1.82. The van der Waals surface area contributed by atoms with Crippen LogP contribution in [0.4, 0.5) is 5.69 Å². The second-order valence-corrected chi connectivity index (χ2v) is 6.81. The molecule has 1 N–H and O–H groups in total. The predicted molar refractivity (Wildman–Crippen MR) is 114 cm³/mol. The third-order valence-corrected chi connectivity index (χ3v) is 4.96. The Balaban J connectivity index is 1.51. The fraction of sp³-hybridized carbons (Fsp3) is 0.130. The van der Waals surface area contributed by atoms with Gasteiger partial charge in [0, 0.05) is 28.1 Å². The summed E-state index contributed by atoms with van der Waals surface area (Å²) >= 11 is 0. The van der Waals surface area contributed by atoms with Gasteiger partial charge in [-0.1, -0.05) is 24.3 Å². The van der Waals surface area contributed by atoms with Gasteiger partial charge in [-0.15, -0.1) is 0 Å². The number of hydrogen-bond acceptors (Lipinski definition) is 6. The minimum atomic E-state index is 0.232. The molecule has 0 fully saturated rings. The van der Waals surface area contributed by atoms with Crippen molar-refractivity contribution in [2.75, 3.05) is 19.3 Å². The first-order chi connectivity index (χ1) is 14.2. The second kappa shape index (κ2) is 6.98. The highest BCUT2D eigenvalue weighted by atomic mass is 16.7. The van der Waals surface area contributed by atoms with Crippen molar-refractivity contribution in [1.29, 1.82) is 0 Å². The van der Waals surface area contributed by atoms with Gasteiger partial charge in [0.25, 0.3) is 0 Å². The summed E-state index contributed by atoms with van der Waals surface area (Å²) in [5.74, 6) is 2.28. The van der Waals surface area contributed by atoms with E-state index in [4.69, 9.17) is 14.2 Å². The first-order valence-electron chi connectivity index (χ1n) is 9.29. The normalized spacial score (nSPS) is 12.8. The van der Waals surface area contributed by atoms with Crippen LogP contribution in [0.3, 0.4) is 0 Å². The molecule has 0 unspecified atom stereocenters. The maximum absolute atomic E-state index is 5.51. The van der Waals surface area contributed by atoms with Gasteiger partial charge in [0.1, 0.15) is 5.75 Å². The van der Waals surface area contributed by atoms with Gasteiger partial charge in [-0.25, -0.2) is 0 Å². The first kappa shape index (κ1) is 17.3. The first-order valence-corrected chi connectivity index (χ1v) is 9.29. The van der Waals surface area contributed by atoms with Crippen molar-refractivity contribution in [3.63, 3.8) is 0 Å². The lowest BCUT2D eigenvalue weighted by molar-refractivity contribution is 0.174. The molecular formula is C23H19N3O3. The molecule has 6 heteroatoms. The average Bonchev–Trinajstić information content (AvgIpc) is 3.19. The molecule has 0 saturated heterocycles. The molecule has 0 atom stereocenters. The van der Waals surface area contributed by atoms with Gasteiger partial charge in [0.2, 0.25) is 6.79 Å². The van der Waals surface area contributed by atoms with Crippen LogP contribution in [0.25, 0.3) is 21.7 Å². The number of methoxy groups -OCH3 is 1. The molecule has 2 heterocycles. The quantitative estimate of drug-likeness (QED) is 0.401. The summed E-state index contributed by atoms with van der Waals surface area (Å²) in [5.41, 5.74) is 6.75. The summed E-state index contributed by atoms with van der Waals surface area (Å²) in [5, 5.41) is 7.55. The van der Waals surface area contributed by atoms with E-state index >= 15 is 0 Å². The lowest BCUT2D eigenvalue weighted by atomic mass is 10.0. The third kappa shape index (κ3) is 3.08. The Morgan fingerprint density at radius 2 is 1.79 bits per heavy atom. The molecule has 0 amide bonds. The highest BCUT2D eigenvalue weighted by molar-refractivity contribution is 6.02. The number of hydrogen-bond donors (Lipinski definition) is 1. The highest BCUT2D eigenvalue weighted by Gasteiger charge is 2.16. The SMILES string of the molecule is COc1ccc(/C=N\Nc2cc(C)nc3cc4c(cc23)OCO4)c2ccccc12. The molecule has 144 valence electrons. The number of hydrazone groups is 1. The van der Waals surface area contributed by atoms with Crippen molar-refractivity contribution in [1.82, 2.24) is 4.98 Å². The molecule has 3 aromatic carbocycles. The maximum atomic E-state index is 5.51. The fourth-order valence-corrected chi connectivity index (χ4v) is 3.60. The Morgan fingerprint density at radius 1 is 1.00 bits per heavy atom. The van der Waals surface area contributed by atoms with Crippen molar-refractivity contribution in [2.45, 2.75) is 6.92 Å². The van der Waals surface area contributed by atoms with E-state index in [1.165, 1.54) is 0 Å². The largest absolute Gasteiger partial charge is 0.496 e. The van der Waals surface area contributed by atoms with E-state index in [-0.39, 0.29) is 6.79 Å². The van der Waals surface area contributed by atoms with Gasteiger partial charge in [0.05, 0.1) is 24.5 Å². The van der Waals surface area contributed by atoms with Crippen molar-refractivity contribution in [3.05, 3.63) is 65.9 Å². The third-order valence-electron chi connectivity index (χ3n) is 4.96.